The van der Waals surface area contributed by atoms with E-state index in [2.05, 4.69) is 10.9 Å². The monoisotopic (exact) mass is 386 g/mol. The van der Waals surface area contributed by atoms with Gasteiger partial charge in [-0.3, -0.25) is 20.4 Å². The lowest BCUT2D eigenvalue weighted by Crippen LogP contribution is -2.47. The molecule has 1 atom stereocenters. The van der Waals surface area contributed by atoms with Gasteiger partial charge in [0, 0.05) is 0 Å². The number of hydrazine groups is 1. The second-order valence-electron chi connectivity index (χ2n) is 5.78. The first-order chi connectivity index (χ1) is 13.5. The van der Waals surface area contributed by atoms with Gasteiger partial charge in [0.05, 0.1) is 5.56 Å². The van der Waals surface area contributed by atoms with E-state index in [1.807, 2.05) is 0 Å². The van der Waals surface area contributed by atoms with Crippen molar-refractivity contribution in [1.82, 2.24) is 10.9 Å². The molecule has 6 nitrogen and oxygen atoms in total. The largest absolute Gasteiger partial charge is 0.478 e. The summed E-state index contributed by atoms with van der Waals surface area (Å²) in [6.45, 7) is 1.40. The molecular weight excluding hydrogens is 370 g/mol. The van der Waals surface area contributed by atoms with Crippen molar-refractivity contribution in [3.63, 3.8) is 0 Å². The number of rotatable bonds is 5. The number of ether oxygens (including phenoxy) is 1. The molecule has 2 N–H and O–H groups in total. The van der Waals surface area contributed by atoms with E-state index < -0.39 is 29.6 Å². The first-order valence-corrected chi connectivity index (χ1v) is 8.32. The van der Waals surface area contributed by atoms with Crippen LogP contribution in [0.4, 0.5) is 8.78 Å². The lowest BCUT2D eigenvalue weighted by atomic mass is 10.1. The molecule has 0 radical (unpaired) electrons. The molecule has 144 valence electrons. The van der Waals surface area contributed by atoms with Crippen molar-refractivity contribution in [2.75, 3.05) is 0 Å². The summed E-state index contributed by atoms with van der Waals surface area (Å²) in [4.78, 5) is 24.1. The first kappa shape index (κ1) is 19.1. The van der Waals surface area contributed by atoms with Crippen molar-refractivity contribution < 1.29 is 27.5 Å². The number of hydrogen-bond donors (Lipinski definition) is 2. The van der Waals surface area contributed by atoms with Crippen molar-refractivity contribution in [1.29, 1.82) is 0 Å². The highest BCUT2D eigenvalue weighted by Gasteiger charge is 2.19. The lowest BCUT2D eigenvalue weighted by molar-refractivity contribution is -0.128. The van der Waals surface area contributed by atoms with Crippen molar-refractivity contribution >= 4 is 11.8 Å². The van der Waals surface area contributed by atoms with Crippen LogP contribution in [0, 0.1) is 11.6 Å². The molecule has 1 heterocycles. The lowest BCUT2D eigenvalue weighted by Gasteiger charge is -2.15. The third-order valence-corrected chi connectivity index (χ3v) is 3.78. The molecule has 0 aliphatic heterocycles. The van der Waals surface area contributed by atoms with Gasteiger partial charge in [0.2, 0.25) is 0 Å². The van der Waals surface area contributed by atoms with Gasteiger partial charge in [0.15, 0.2) is 23.4 Å². The molecular formula is C20H16F2N2O4. The van der Waals surface area contributed by atoms with Crippen molar-refractivity contribution in [2.24, 2.45) is 0 Å². The van der Waals surface area contributed by atoms with Gasteiger partial charge >= 0.3 is 5.91 Å². The minimum Gasteiger partial charge on any atom is -0.478 e. The van der Waals surface area contributed by atoms with E-state index in [1.54, 1.807) is 12.1 Å². The molecule has 1 aromatic heterocycles. The van der Waals surface area contributed by atoms with Gasteiger partial charge in [-0.15, -0.1) is 0 Å². The predicted molar refractivity (Wildman–Crippen MR) is 96.2 cm³/mol. The molecule has 2 aromatic carbocycles. The van der Waals surface area contributed by atoms with Crippen molar-refractivity contribution in [3.8, 4) is 17.1 Å². The Morgan fingerprint density at radius 1 is 0.929 bits per heavy atom. The molecule has 0 bridgehead atoms. The van der Waals surface area contributed by atoms with E-state index >= 15 is 0 Å². The molecule has 0 fully saturated rings. The molecule has 3 aromatic rings. The highest BCUT2D eigenvalue weighted by Crippen LogP contribution is 2.24. The molecule has 0 spiro atoms. The maximum Gasteiger partial charge on any atom is 0.305 e. The van der Waals surface area contributed by atoms with E-state index in [0.717, 1.165) is 0 Å². The topological polar surface area (TPSA) is 80.6 Å². The SMILES string of the molecule is C[C@H](Oc1ccccc1F)C(=O)NNC(=O)c1ccc(-c2ccccc2F)o1. The van der Waals surface area contributed by atoms with E-state index in [-0.39, 0.29) is 22.8 Å². The molecule has 0 unspecified atom stereocenters. The van der Waals surface area contributed by atoms with Crippen LogP contribution in [0.1, 0.15) is 17.5 Å². The zero-order chi connectivity index (χ0) is 20.1. The molecule has 8 heteroatoms. The fourth-order valence-electron chi connectivity index (χ4n) is 2.33. The van der Waals surface area contributed by atoms with E-state index in [9.17, 15) is 18.4 Å². The fourth-order valence-corrected chi connectivity index (χ4v) is 2.33. The van der Waals surface area contributed by atoms with Gasteiger partial charge in [-0.05, 0) is 43.3 Å². The van der Waals surface area contributed by atoms with Crippen LogP contribution in [-0.2, 0) is 4.79 Å². The van der Waals surface area contributed by atoms with Crippen LogP contribution in [0.2, 0.25) is 0 Å². The van der Waals surface area contributed by atoms with E-state index in [0.29, 0.717) is 0 Å². The second-order valence-corrected chi connectivity index (χ2v) is 5.78. The quantitative estimate of drug-likeness (QED) is 0.658. The van der Waals surface area contributed by atoms with Crippen LogP contribution in [0.3, 0.4) is 0 Å². The van der Waals surface area contributed by atoms with Gasteiger partial charge in [-0.25, -0.2) is 8.78 Å². The third-order valence-electron chi connectivity index (χ3n) is 3.78. The Kier molecular flexibility index (Phi) is 5.69. The number of benzene rings is 2. The van der Waals surface area contributed by atoms with Gasteiger partial charge in [-0.1, -0.05) is 24.3 Å². The zero-order valence-corrected chi connectivity index (χ0v) is 14.7. The molecule has 3 rings (SSSR count). The van der Waals surface area contributed by atoms with Crippen LogP contribution < -0.4 is 15.6 Å². The Labute approximate surface area is 159 Å². The predicted octanol–water partition coefficient (Wildman–Crippen LogP) is 3.45. The Balaban J connectivity index is 1.57. The first-order valence-electron chi connectivity index (χ1n) is 8.32. The minimum absolute atomic E-state index is 0.0861. The third kappa shape index (κ3) is 4.35. The highest BCUT2D eigenvalue weighted by molar-refractivity contribution is 5.94. The maximum absolute atomic E-state index is 13.8. The normalized spacial score (nSPS) is 11.5. The molecule has 2 amide bonds. The highest BCUT2D eigenvalue weighted by atomic mass is 19.1. The summed E-state index contributed by atoms with van der Waals surface area (Å²) < 4.78 is 37.9. The van der Waals surface area contributed by atoms with Crippen LogP contribution >= 0.6 is 0 Å². The minimum atomic E-state index is -1.07. The van der Waals surface area contributed by atoms with Gasteiger partial charge in [0.25, 0.3) is 5.91 Å². The summed E-state index contributed by atoms with van der Waals surface area (Å²) >= 11 is 0. The average molecular weight is 386 g/mol. The number of amides is 2. The number of para-hydroxylation sites is 1. The fraction of sp³-hybridized carbons (Fsp3) is 0.100. The molecule has 0 aliphatic carbocycles. The van der Waals surface area contributed by atoms with Crippen LogP contribution in [0.25, 0.3) is 11.3 Å². The van der Waals surface area contributed by atoms with Gasteiger partial charge in [-0.2, -0.15) is 0 Å². The average Bonchev–Trinajstić information content (AvgIpc) is 3.18. The molecule has 0 aliphatic rings. The second kappa shape index (κ2) is 8.34. The molecule has 28 heavy (non-hydrogen) atoms. The Hall–Kier alpha value is -3.68. The molecule has 0 saturated carbocycles. The van der Waals surface area contributed by atoms with Gasteiger partial charge < -0.3 is 9.15 Å². The summed E-state index contributed by atoms with van der Waals surface area (Å²) in [6.07, 6.45) is -1.07. The standard InChI is InChI=1S/C20H16F2N2O4/c1-12(27-17-9-5-4-8-15(17)22)19(25)23-24-20(26)18-11-10-16(28-18)13-6-2-3-7-14(13)21/h2-12H,1H3,(H,23,25)(H,24,26)/t12-/m0/s1. The van der Waals surface area contributed by atoms with Gasteiger partial charge in [0.1, 0.15) is 11.6 Å². The van der Waals surface area contributed by atoms with Crippen LogP contribution in [-0.4, -0.2) is 17.9 Å². The number of halogens is 2. The summed E-state index contributed by atoms with van der Waals surface area (Å²) in [5.41, 5.74) is 4.53. The maximum atomic E-state index is 13.8. The Bertz CT molecular complexity index is 1000. The van der Waals surface area contributed by atoms with E-state index in [4.69, 9.17) is 9.15 Å². The molecule has 0 saturated heterocycles. The summed E-state index contributed by atoms with van der Waals surface area (Å²) in [5.74, 6) is -2.57. The summed E-state index contributed by atoms with van der Waals surface area (Å²) in [6, 6.07) is 14.4. The van der Waals surface area contributed by atoms with Crippen LogP contribution in [0.5, 0.6) is 5.75 Å². The number of carbonyl (C=O) groups is 2. The Morgan fingerprint density at radius 2 is 1.61 bits per heavy atom. The van der Waals surface area contributed by atoms with E-state index in [1.165, 1.54) is 55.5 Å². The smallest absolute Gasteiger partial charge is 0.305 e. The number of hydrogen-bond acceptors (Lipinski definition) is 4. The van der Waals surface area contributed by atoms with Crippen molar-refractivity contribution in [3.05, 3.63) is 78.1 Å². The Morgan fingerprint density at radius 3 is 2.32 bits per heavy atom. The summed E-state index contributed by atoms with van der Waals surface area (Å²) in [5, 5.41) is 0. The number of furan rings is 1. The summed E-state index contributed by atoms with van der Waals surface area (Å²) in [7, 11) is 0. The van der Waals surface area contributed by atoms with Crippen molar-refractivity contribution in [2.45, 2.75) is 13.0 Å². The number of nitrogens with one attached hydrogen (secondary N) is 2. The van der Waals surface area contributed by atoms with Crippen LogP contribution in [0.15, 0.2) is 65.1 Å². The number of carbonyl (C=O) groups excluding carboxylic acids is 2. The zero-order valence-electron chi connectivity index (χ0n) is 14.7.